The van der Waals surface area contributed by atoms with Crippen molar-refractivity contribution in [2.24, 2.45) is 0 Å². The SMILES string of the molecule is CCn1cc(CSC)c2c(N)cccc21. The standard InChI is InChI=1S/C12H16N2S/c1-3-14-7-9(8-15-2)12-10(13)5-4-6-11(12)14/h4-7H,3,8,13H2,1-2H3. The molecule has 0 aliphatic heterocycles. The largest absolute Gasteiger partial charge is 0.398 e. The summed E-state index contributed by atoms with van der Waals surface area (Å²) in [6.45, 7) is 3.15. The minimum atomic E-state index is 0.892. The Balaban J connectivity index is 2.70. The number of aryl methyl sites for hydroxylation is 1. The molecule has 0 spiro atoms. The summed E-state index contributed by atoms with van der Waals surface area (Å²) in [5, 5.41) is 1.23. The van der Waals surface area contributed by atoms with Crippen LogP contribution >= 0.6 is 11.8 Å². The van der Waals surface area contributed by atoms with Gasteiger partial charge in [-0.15, -0.1) is 0 Å². The summed E-state index contributed by atoms with van der Waals surface area (Å²) in [5.41, 5.74) is 9.52. The van der Waals surface area contributed by atoms with Crippen LogP contribution in [0.5, 0.6) is 0 Å². The van der Waals surface area contributed by atoms with Crippen LogP contribution in [-0.2, 0) is 12.3 Å². The number of rotatable bonds is 3. The third-order valence-electron chi connectivity index (χ3n) is 2.66. The van der Waals surface area contributed by atoms with Crippen LogP contribution in [-0.4, -0.2) is 10.8 Å². The highest BCUT2D eigenvalue weighted by molar-refractivity contribution is 7.97. The smallest absolute Gasteiger partial charge is 0.0504 e. The molecule has 0 aliphatic carbocycles. The number of benzene rings is 1. The molecular formula is C12H16N2S. The molecule has 3 heteroatoms. The lowest BCUT2D eigenvalue weighted by Crippen LogP contribution is -1.91. The molecule has 15 heavy (non-hydrogen) atoms. The van der Waals surface area contributed by atoms with Crippen molar-refractivity contribution in [1.82, 2.24) is 4.57 Å². The molecule has 0 amide bonds. The Morgan fingerprint density at radius 2 is 2.20 bits per heavy atom. The van der Waals surface area contributed by atoms with E-state index in [2.05, 4.69) is 30.0 Å². The Hall–Kier alpha value is -1.09. The zero-order chi connectivity index (χ0) is 10.8. The average molecular weight is 220 g/mol. The van der Waals surface area contributed by atoms with Gasteiger partial charge in [-0.1, -0.05) is 6.07 Å². The molecule has 0 atom stereocenters. The second-order valence-electron chi connectivity index (χ2n) is 3.61. The maximum atomic E-state index is 6.03. The molecular weight excluding hydrogens is 204 g/mol. The van der Waals surface area contributed by atoms with Crippen molar-refractivity contribution < 1.29 is 0 Å². The molecule has 80 valence electrons. The number of hydrogen-bond acceptors (Lipinski definition) is 2. The lowest BCUT2D eigenvalue weighted by atomic mass is 10.1. The van der Waals surface area contributed by atoms with E-state index < -0.39 is 0 Å². The Bertz CT molecular complexity index is 474. The number of nitrogens with zero attached hydrogens (tertiary/aromatic N) is 1. The molecule has 0 fully saturated rings. The molecule has 0 radical (unpaired) electrons. The number of aromatic nitrogens is 1. The summed E-state index contributed by atoms with van der Waals surface area (Å²) in [5.74, 6) is 1.03. The Morgan fingerprint density at radius 3 is 2.87 bits per heavy atom. The van der Waals surface area contributed by atoms with Gasteiger partial charge in [-0.05, 0) is 30.9 Å². The summed E-state index contributed by atoms with van der Waals surface area (Å²) in [7, 11) is 0. The first-order valence-electron chi connectivity index (χ1n) is 5.13. The van der Waals surface area contributed by atoms with Gasteiger partial charge in [0.25, 0.3) is 0 Å². The quantitative estimate of drug-likeness (QED) is 0.806. The zero-order valence-electron chi connectivity index (χ0n) is 9.16. The van der Waals surface area contributed by atoms with Crippen molar-refractivity contribution in [2.45, 2.75) is 19.2 Å². The highest BCUT2D eigenvalue weighted by Gasteiger charge is 2.09. The molecule has 0 unspecified atom stereocenters. The monoisotopic (exact) mass is 220 g/mol. The van der Waals surface area contributed by atoms with Crippen LogP contribution in [0, 0.1) is 0 Å². The van der Waals surface area contributed by atoms with Gasteiger partial charge >= 0.3 is 0 Å². The van der Waals surface area contributed by atoms with E-state index >= 15 is 0 Å². The second-order valence-corrected chi connectivity index (χ2v) is 4.48. The molecule has 1 aromatic carbocycles. The second kappa shape index (κ2) is 4.19. The Labute approximate surface area is 94.5 Å². The highest BCUT2D eigenvalue weighted by Crippen LogP contribution is 2.29. The van der Waals surface area contributed by atoms with Gasteiger partial charge < -0.3 is 10.3 Å². The highest BCUT2D eigenvalue weighted by atomic mass is 32.2. The van der Waals surface area contributed by atoms with Crippen molar-refractivity contribution in [3.8, 4) is 0 Å². The molecule has 2 rings (SSSR count). The predicted molar refractivity (Wildman–Crippen MR) is 69.2 cm³/mol. The van der Waals surface area contributed by atoms with Gasteiger partial charge in [-0.3, -0.25) is 0 Å². The van der Waals surface area contributed by atoms with Gasteiger partial charge in [0.2, 0.25) is 0 Å². The predicted octanol–water partition coefficient (Wildman–Crippen LogP) is 3.11. The topological polar surface area (TPSA) is 30.9 Å². The third-order valence-corrected chi connectivity index (χ3v) is 3.26. The molecule has 0 saturated carbocycles. The summed E-state index contributed by atoms with van der Waals surface area (Å²) in [6, 6.07) is 6.14. The van der Waals surface area contributed by atoms with Gasteiger partial charge in [0.15, 0.2) is 0 Å². The van der Waals surface area contributed by atoms with Gasteiger partial charge in [-0.2, -0.15) is 11.8 Å². The molecule has 2 nitrogen and oxygen atoms in total. The van der Waals surface area contributed by atoms with E-state index in [1.54, 1.807) is 0 Å². The van der Waals surface area contributed by atoms with E-state index in [0.717, 1.165) is 18.0 Å². The number of hydrogen-bond donors (Lipinski definition) is 1. The van der Waals surface area contributed by atoms with E-state index in [-0.39, 0.29) is 0 Å². The zero-order valence-corrected chi connectivity index (χ0v) is 9.97. The molecule has 0 aliphatic rings. The number of nitrogen functional groups attached to an aromatic ring is 1. The fourth-order valence-electron chi connectivity index (χ4n) is 2.00. The molecule has 0 bridgehead atoms. The van der Waals surface area contributed by atoms with Gasteiger partial charge in [0.1, 0.15) is 0 Å². The Morgan fingerprint density at radius 1 is 1.40 bits per heavy atom. The van der Waals surface area contributed by atoms with Crippen LogP contribution in [0.25, 0.3) is 10.9 Å². The summed E-state index contributed by atoms with van der Waals surface area (Å²) in [4.78, 5) is 0. The molecule has 2 aromatic rings. The average Bonchev–Trinajstić information content (AvgIpc) is 2.59. The first kappa shape index (κ1) is 10.4. The van der Waals surface area contributed by atoms with Crippen molar-refractivity contribution >= 4 is 28.4 Å². The van der Waals surface area contributed by atoms with Crippen molar-refractivity contribution in [3.05, 3.63) is 30.0 Å². The fourth-order valence-corrected chi connectivity index (χ4v) is 2.53. The molecule has 1 aromatic heterocycles. The van der Waals surface area contributed by atoms with Gasteiger partial charge in [-0.25, -0.2) is 0 Å². The van der Waals surface area contributed by atoms with Crippen LogP contribution in [0.3, 0.4) is 0 Å². The number of fused-ring (bicyclic) bond motifs is 1. The van der Waals surface area contributed by atoms with Crippen molar-refractivity contribution in [2.75, 3.05) is 12.0 Å². The van der Waals surface area contributed by atoms with Crippen molar-refractivity contribution in [1.29, 1.82) is 0 Å². The van der Waals surface area contributed by atoms with Crippen LogP contribution in [0.4, 0.5) is 5.69 Å². The first-order valence-corrected chi connectivity index (χ1v) is 6.52. The van der Waals surface area contributed by atoms with Crippen LogP contribution in [0.2, 0.25) is 0 Å². The van der Waals surface area contributed by atoms with E-state index in [1.807, 2.05) is 23.9 Å². The van der Waals surface area contributed by atoms with E-state index in [1.165, 1.54) is 16.5 Å². The molecule has 2 N–H and O–H groups in total. The maximum absolute atomic E-state index is 6.03. The minimum Gasteiger partial charge on any atom is -0.398 e. The van der Waals surface area contributed by atoms with Crippen molar-refractivity contribution in [3.63, 3.8) is 0 Å². The molecule has 1 heterocycles. The van der Waals surface area contributed by atoms with Gasteiger partial charge in [0, 0.05) is 29.6 Å². The lowest BCUT2D eigenvalue weighted by Gasteiger charge is -2.01. The van der Waals surface area contributed by atoms with Crippen LogP contribution in [0.1, 0.15) is 12.5 Å². The Kier molecular flexibility index (Phi) is 2.91. The summed E-state index contributed by atoms with van der Waals surface area (Å²) >= 11 is 1.83. The number of nitrogens with two attached hydrogens (primary N) is 1. The summed E-state index contributed by atoms with van der Waals surface area (Å²) < 4.78 is 2.26. The maximum Gasteiger partial charge on any atom is 0.0504 e. The first-order chi connectivity index (χ1) is 7.27. The van der Waals surface area contributed by atoms with Gasteiger partial charge in [0.05, 0.1) is 5.52 Å². The van der Waals surface area contributed by atoms with Crippen LogP contribution in [0.15, 0.2) is 24.4 Å². The van der Waals surface area contributed by atoms with E-state index in [9.17, 15) is 0 Å². The summed E-state index contributed by atoms with van der Waals surface area (Å²) in [6.07, 6.45) is 4.34. The lowest BCUT2D eigenvalue weighted by molar-refractivity contribution is 0.795. The van der Waals surface area contributed by atoms with E-state index in [0.29, 0.717) is 0 Å². The normalized spacial score (nSPS) is 11.1. The minimum absolute atomic E-state index is 0.892. The van der Waals surface area contributed by atoms with E-state index in [4.69, 9.17) is 5.73 Å². The molecule has 0 saturated heterocycles. The van der Waals surface area contributed by atoms with Crippen LogP contribution < -0.4 is 5.73 Å². The third kappa shape index (κ3) is 1.72. The number of anilines is 1. The fraction of sp³-hybridized carbons (Fsp3) is 0.333. The number of thioether (sulfide) groups is 1.